The normalized spacial score (nSPS) is 21.5. The highest BCUT2D eigenvalue weighted by Gasteiger charge is 2.47. The fourth-order valence-corrected chi connectivity index (χ4v) is 7.29. The van der Waals surface area contributed by atoms with Crippen LogP contribution in [0.25, 0.3) is 11.2 Å². The number of phenols is 1. The number of nitrogens with two attached hydrogens (primary N) is 1. The molecule has 0 spiro atoms. The smallest absolute Gasteiger partial charge is 0.229 e. The molecule has 53 heavy (non-hydrogen) atoms. The summed E-state index contributed by atoms with van der Waals surface area (Å²) < 4.78 is 7.82. The molecule has 16 nitrogen and oxygen atoms in total. The lowest BCUT2D eigenvalue weighted by atomic mass is 9.91. The molecule has 272 valence electrons. The van der Waals surface area contributed by atoms with Crippen molar-refractivity contribution in [2.24, 2.45) is 5.73 Å². The van der Waals surface area contributed by atoms with E-state index in [1.165, 1.54) is 17.2 Å². The minimum Gasteiger partial charge on any atom is -0.508 e. The Kier molecular flexibility index (Phi) is 9.16. The average molecular weight is 717 g/mol. The summed E-state index contributed by atoms with van der Waals surface area (Å²) in [6.07, 6.45) is -2.54. The van der Waals surface area contributed by atoms with E-state index < -0.39 is 24.5 Å². The summed E-state index contributed by atoms with van der Waals surface area (Å²) in [6.45, 7) is 3.93. The van der Waals surface area contributed by atoms with E-state index >= 15 is 0 Å². The fourth-order valence-electron chi connectivity index (χ4n) is 7.29. The number of hydrogen-bond acceptors (Lipinski definition) is 13. The van der Waals surface area contributed by atoms with Crippen LogP contribution in [0.2, 0.25) is 0 Å². The van der Waals surface area contributed by atoms with Crippen molar-refractivity contribution in [1.82, 2.24) is 39.7 Å². The molecule has 0 unspecified atom stereocenters. The monoisotopic (exact) mass is 716 g/mol. The lowest BCUT2D eigenvalue weighted by Crippen LogP contribution is -2.29. The maximum absolute atomic E-state index is 11.3. The number of fused-ring (bicyclic) bond motifs is 1. The van der Waals surface area contributed by atoms with Gasteiger partial charge in [0, 0.05) is 37.0 Å². The number of ether oxygens (including phenoxy) is 1. The minimum absolute atomic E-state index is 0.0141. The van der Waals surface area contributed by atoms with Crippen LogP contribution in [-0.4, -0.2) is 92.7 Å². The third-order valence-electron chi connectivity index (χ3n) is 10.0. The minimum atomic E-state index is -1.35. The van der Waals surface area contributed by atoms with Gasteiger partial charge < -0.3 is 36.0 Å². The largest absolute Gasteiger partial charge is 0.508 e. The van der Waals surface area contributed by atoms with Crippen molar-refractivity contribution in [2.75, 3.05) is 29.9 Å². The Morgan fingerprint density at radius 2 is 1.75 bits per heavy atom. The average Bonchev–Trinajstić information content (AvgIpc) is 4.00. The number of amidine groups is 1. The second-order valence-electron chi connectivity index (χ2n) is 13.3. The van der Waals surface area contributed by atoms with Crippen molar-refractivity contribution < 1.29 is 20.1 Å². The van der Waals surface area contributed by atoms with Crippen LogP contribution in [0.15, 0.2) is 85.2 Å². The van der Waals surface area contributed by atoms with Gasteiger partial charge in [-0.2, -0.15) is 14.8 Å². The molecule has 0 amide bonds. The van der Waals surface area contributed by atoms with Gasteiger partial charge >= 0.3 is 0 Å². The Labute approximate surface area is 304 Å². The Hall–Kier alpha value is -5.97. The highest BCUT2D eigenvalue weighted by atomic mass is 16.6. The number of aromatic hydroxyl groups is 1. The number of phenolic OH excluding ortho intramolecular Hbond substituents is 1. The number of aliphatic hydroxyl groups is 2. The van der Waals surface area contributed by atoms with E-state index in [1.54, 1.807) is 16.7 Å². The first-order chi connectivity index (χ1) is 25.8. The summed E-state index contributed by atoms with van der Waals surface area (Å²) in [4.78, 5) is 18.1. The van der Waals surface area contributed by atoms with Gasteiger partial charge in [-0.05, 0) is 53.4 Å². The second kappa shape index (κ2) is 14.2. The summed E-state index contributed by atoms with van der Waals surface area (Å²) in [7, 11) is 0. The molecule has 5 heterocycles. The number of hydrogen-bond donors (Lipinski definition) is 6. The number of tetrazole rings is 1. The molecule has 0 saturated carbocycles. The van der Waals surface area contributed by atoms with Crippen molar-refractivity contribution in [3.8, 4) is 5.75 Å². The highest BCUT2D eigenvalue weighted by Crippen LogP contribution is 2.40. The quantitative estimate of drug-likeness (QED) is 0.0839. The molecule has 2 aliphatic rings. The lowest BCUT2D eigenvalue weighted by molar-refractivity contribution is -0.0384. The number of nitrogens with one attached hydrogen (secondary N) is 2. The molecule has 6 aromatic rings. The zero-order valence-corrected chi connectivity index (χ0v) is 28.9. The Balaban J connectivity index is 1.17. The van der Waals surface area contributed by atoms with Crippen LogP contribution >= 0.6 is 0 Å². The van der Waals surface area contributed by atoms with Gasteiger partial charge in [0.1, 0.15) is 23.8 Å². The van der Waals surface area contributed by atoms with Crippen LogP contribution in [0.4, 0.5) is 11.8 Å². The van der Waals surface area contributed by atoms with Crippen molar-refractivity contribution in [3.63, 3.8) is 0 Å². The van der Waals surface area contributed by atoms with Gasteiger partial charge in [0.05, 0.1) is 12.9 Å². The SMILES string of the molecule is CCn1nnc([C@H]2O[C@@H](n3cnc4c(NCC(c5ccccc5)c5ccccc5)nc(N5CC[C@H](c6cc(O)ccc6C(=N)N)C5)nc43)[C@H](O)[C@@H]2O)n1. The molecule has 0 aliphatic carbocycles. The molecular formula is C37H40N12O4. The molecule has 3 aromatic heterocycles. The zero-order chi connectivity index (χ0) is 36.6. The first-order valence-corrected chi connectivity index (χ1v) is 17.6. The van der Waals surface area contributed by atoms with Gasteiger partial charge in [-0.3, -0.25) is 9.98 Å². The Morgan fingerprint density at radius 3 is 2.43 bits per heavy atom. The molecule has 2 fully saturated rings. The van der Waals surface area contributed by atoms with E-state index in [-0.39, 0.29) is 29.2 Å². The lowest BCUT2D eigenvalue weighted by Gasteiger charge is -2.22. The van der Waals surface area contributed by atoms with E-state index in [0.29, 0.717) is 61.1 Å². The van der Waals surface area contributed by atoms with E-state index in [2.05, 4.69) is 45.0 Å². The van der Waals surface area contributed by atoms with Crippen molar-refractivity contribution in [1.29, 1.82) is 5.41 Å². The standard InChI is InChI=1S/C37H40N12O4/c1-2-49-45-34(44-46-49)31-29(51)30(52)36(53-31)48-20-41-28-33(40-18-27(21-9-5-3-6-10-21)22-11-7-4-8-12-22)42-37(43-35(28)48)47-16-15-23(19-47)26-17-24(50)13-14-25(26)32(38)39/h3-14,17,20,23,27,29-31,36,50-52H,2,15-16,18-19H2,1H3,(H3,38,39)(H,40,42,43)/t23-,29-,30+,31-,36+/m0/s1. The van der Waals surface area contributed by atoms with Crippen LogP contribution < -0.4 is 16.0 Å². The molecule has 7 N–H and O–H groups in total. The third kappa shape index (κ3) is 6.52. The van der Waals surface area contributed by atoms with Gasteiger partial charge in [0.2, 0.25) is 11.8 Å². The molecule has 2 aliphatic heterocycles. The van der Waals surface area contributed by atoms with Gasteiger partial charge in [0.25, 0.3) is 0 Å². The molecule has 8 rings (SSSR count). The maximum atomic E-state index is 11.3. The molecule has 0 bridgehead atoms. The number of rotatable bonds is 11. The topological polar surface area (TPSA) is 222 Å². The van der Waals surface area contributed by atoms with Gasteiger partial charge in [0.15, 0.2) is 29.3 Å². The number of aryl methyl sites for hydroxylation is 1. The highest BCUT2D eigenvalue weighted by molar-refractivity contribution is 5.96. The summed E-state index contributed by atoms with van der Waals surface area (Å²) >= 11 is 0. The number of nitrogen functional groups attached to an aromatic ring is 1. The molecule has 5 atom stereocenters. The van der Waals surface area contributed by atoms with Crippen molar-refractivity contribution in [2.45, 2.75) is 56.3 Å². The number of nitrogens with zero attached hydrogens (tertiary/aromatic N) is 9. The Morgan fingerprint density at radius 1 is 1.02 bits per heavy atom. The molecule has 16 heteroatoms. The molecule has 0 radical (unpaired) electrons. The second-order valence-corrected chi connectivity index (χ2v) is 13.3. The predicted molar refractivity (Wildman–Crippen MR) is 196 cm³/mol. The summed E-state index contributed by atoms with van der Waals surface area (Å²) in [5, 5.41) is 56.7. The van der Waals surface area contributed by atoms with E-state index in [9.17, 15) is 15.3 Å². The first-order valence-electron chi connectivity index (χ1n) is 17.6. The number of imidazole rings is 1. The van der Waals surface area contributed by atoms with Crippen LogP contribution in [0.3, 0.4) is 0 Å². The number of benzene rings is 3. The van der Waals surface area contributed by atoms with Crippen LogP contribution in [0.1, 0.15) is 65.6 Å². The summed E-state index contributed by atoms with van der Waals surface area (Å²) in [6, 6.07) is 25.4. The van der Waals surface area contributed by atoms with Crippen molar-refractivity contribution >= 4 is 28.8 Å². The van der Waals surface area contributed by atoms with Gasteiger partial charge in [-0.1, -0.05) is 60.7 Å². The fraction of sp³-hybridized carbons (Fsp3) is 0.324. The van der Waals surface area contributed by atoms with Gasteiger partial charge in [-0.25, -0.2) is 4.98 Å². The third-order valence-corrected chi connectivity index (χ3v) is 10.0. The number of anilines is 2. The predicted octanol–water partition coefficient (Wildman–Crippen LogP) is 3.05. The first kappa shape index (κ1) is 34.1. The van der Waals surface area contributed by atoms with E-state index in [4.69, 9.17) is 30.8 Å². The van der Waals surface area contributed by atoms with E-state index in [0.717, 1.165) is 16.7 Å². The molecule has 3 aromatic carbocycles. The van der Waals surface area contributed by atoms with Crippen molar-refractivity contribution in [3.05, 3.63) is 113 Å². The number of aliphatic hydroxyl groups excluding tert-OH is 2. The van der Waals surface area contributed by atoms with Crippen LogP contribution in [0.5, 0.6) is 5.75 Å². The maximum Gasteiger partial charge on any atom is 0.229 e. The Bertz CT molecular complexity index is 2190. The van der Waals surface area contributed by atoms with Gasteiger partial charge in [-0.15, -0.1) is 10.2 Å². The van der Waals surface area contributed by atoms with E-state index in [1.807, 2.05) is 48.2 Å². The summed E-state index contributed by atoms with van der Waals surface area (Å²) in [5.41, 5.74) is 10.4. The number of aromatic nitrogens is 8. The van der Waals surface area contributed by atoms with Crippen LogP contribution in [0, 0.1) is 5.41 Å². The molecule has 2 saturated heterocycles. The summed E-state index contributed by atoms with van der Waals surface area (Å²) in [5.74, 6) is 1.04. The van der Waals surface area contributed by atoms with Crippen LogP contribution in [-0.2, 0) is 11.3 Å². The zero-order valence-electron chi connectivity index (χ0n) is 28.9. The molecular weight excluding hydrogens is 676 g/mol.